The first-order valence-electron chi connectivity index (χ1n) is 10.2. The summed E-state index contributed by atoms with van der Waals surface area (Å²) in [5, 5.41) is 3.80. The van der Waals surface area contributed by atoms with Gasteiger partial charge in [-0.25, -0.2) is 0 Å². The predicted molar refractivity (Wildman–Crippen MR) is 127 cm³/mol. The van der Waals surface area contributed by atoms with Gasteiger partial charge in [-0.05, 0) is 50.1 Å². The summed E-state index contributed by atoms with van der Waals surface area (Å²) in [5.41, 5.74) is 2.12. The molecule has 6 nitrogen and oxygen atoms in total. The van der Waals surface area contributed by atoms with Crippen molar-refractivity contribution >= 4 is 42.5 Å². The number of carbonyl (C=O) groups excluding carboxylic acids is 2. The summed E-state index contributed by atoms with van der Waals surface area (Å²) in [7, 11) is 0. The number of hydrogen-bond donors (Lipinski definition) is 0. The van der Waals surface area contributed by atoms with Gasteiger partial charge in [0.25, 0.3) is 5.91 Å². The molecule has 1 amide bonds. The van der Waals surface area contributed by atoms with Gasteiger partial charge >= 0.3 is 6.18 Å². The molecule has 0 saturated heterocycles. The zero-order chi connectivity index (χ0) is 24.1. The molecule has 180 valence electrons. The minimum Gasteiger partial charge on any atom is -0.305 e. The monoisotopic (exact) mass is 510 g/mol. The minimum absolute atomic E-state index is 0. The van der Waals surface area contributed by atoms with Gasteiger partial charge in [-0.2, -0.15) is 31.8 Å². The molecule has 0 bridgehead atoms. The molecule has 0 fully saturated rings. The average Bonchev–Trinajstić information content (AvgIpc) is 3.16. The lowest BCUT2D eigenvalue weighted by Gasteiger charge is -2.32. The molecule has 0 saturated carbocycles. The SMILES string of the molecule is Cc1cncc(C(=O)Cc2cnn3c2C(=O)N(c2ccc(C(F)(F)F)c(Cl)c2)C[C@@H]3C)c1C.S. The summed E-state index contributed by atoms with van der Waals surface area (Å²) in [5.74, 6) is -0.655. The molecule has 0 aliphatic carbocycles. The maximum absolute atomic E-state index is 13.4. The fourth-order valence-corrected chi connectivity index (χ4v) is 4.23. The number of benzene rings is 1. The number of aryl methyl sites for hydroxylation is 1. The maximum atomic E-state index is 13.4. The number of pyridine rings is 1. The number of ketones is 1. The first-order valence-corrected chi connectivity index (χ1v) is 10.6. The van der Waals surface area contributed by atoms with Crippen molar-refractivity contribution in [1.29, 1.82) is 0 Å². The Labute approximate surface area is 206 Å². The Hall–Kier alpha value is -2.85. The minimum atomic E-state index is -4.59. The van der Waals surface area contributed by atoms with E-state index in [0.717, 1.165) is 23.3 Å². The summed E-state index contributed by atoms with van der Waals surface area (Å²) in [6.07, 6.45) is 0.0162. The van der Waals surface area contributed by atoms with Crippen molar-refractivity contribution in [3.05, 3.63) is 75.3 Å². The van der Waals surface area contributed by atoms with Crippen LogP contribution in [0.1, 0.15) is 56.1 Å². The number of carbonyl (C=O) groups is 2. The Morgan fingerprint density at radius 3 is 2.56 bits per heavy atom. The Morgan fingerprint density at radius 2 is 1.91 bits per heavy atom. The normalized spacial score (nSPS) is 15.7. The van der Waals surface area contributed by atoms with Crippen LogP contribution in [0.3, 0.4) is 0 Å². The molecule has 0 N–H and O–H groups in total. The van der Waals surface area contributed by atoms with Gasteiger partial charge in [-0.15, -0.1) is 0 Å². The number of Topliss-reactive ketones (excluding diaryl/α,β-unsaturated/α-hetero) is 1. The summed E-state index contributed by atoms with van der Waals surface area (Å²) in [4.78, 5) is 31.8. The van der Waals surface area contributed by atoms with Crippen LogP contribution < -0.4 is 4.90 Å². The highest BCUT2D eigenvalue weighted by Crippen LogP contribution is 2.38. The zero-order valence-corrected chi connectivity index (χ0v) is 20.3. The van der Waals surface area contributed by atoms with Crippen LogP contribution in [0.4, 0.5) is 18.9 Å². The molecule has 3 heterocycles. The van der Waals surface area contributed by atoms with Crippen LogP contribution in [0.2, 0.25) is 5.02 Å². The fourth-order valence-electron chi connectivity index (χ4n) is 3.95. The van der Waals surface area contributed by atoms with Crippen molar-refractivity contribution in [2.45, 2.75) is 39.4 Å². The van der Waals surface area contributed by atoms with Gasteiger partial charge in [0.1, 0.15) is 5.69 Å². The molecule has 1 aromatic carbocycles. The molecule has 1 atom stereocenters. The Kier molecular flexibility index (Phi) is 7.14. The second kappa shape index (κ2) is 9.42. The van der Waals surface area contributed by atoms with Gasteiger partial charge in [0.2, 0.25) is 0 Å². The topological polar surface area (TPSA) is 68.1 Å². The molecule has 11 heteroatoms. The lowest BCUT2D eigenvalue weighted by molar-refractivity contribution is -0.137. The third kappa shape index (κ3) is 4.56. The first-order chi connectivity index (χ1) is 15.5. The van der Waals surface area contributed by atoms with E-state index in [1.54, 1.807) is 10.9 Å². The number of fused-ring (bicyclic) bond motifs is 1. The van der Waals surface area contributed by atoms with E-state index in [4.69, 9.17) is 11.6 Å². The van der Waals surface area contributed by atoms with Crippen LogP contribution in [-0.2, 0) is 12.6 Å². The lowest BCUT2D eigenvalue weighted by Crippen LogP contribution is -2.43. The average molecular weight is 511 g/mol. The van der Waals surface area contributed by atoms with Gasteiger partial charge in [-0.3, -0.25) is 19.3 Å². The lowest BCUT2D eigenvalue weighted by atomic mass is 9.98. The number of anilines is 1. The van der Waals surface area contributed by atoms with Crippen LogP contribution in [0.15, 0.2) is 36.8 Å². The second-order valence-corrected chi connectivity index (χ2v) is 8.53. The highest BCUT2D eigenvalue weighted by atomic mass is 35.5. The van der Waals surface area contributed by atoms with E-state index in [2.05, 4.69) is 10.1 Å². The standard InChI is InChI=1S/C23H20ClF3N4O2.H2S/c1-12-8-28-10-17(14(12)3)20(32)6-15-9-29-31-13(2)11-30(22(33)21(15)31)16-4-5-18(19(24)7-16)23(25,26)27;/h4-5,7-10,13H,6,11H2,1-3H3;1H2/t13-;/m0./s1. The third-order valence-corrected chi connectivity index (χ3v) is 6.18. The van der Waals surface area contributed by atoms with Crippen molar-refractivity contribution < 1.29 is 22.8 Å². The number of hydrogen-bond acceptors (Lipinski definition) is 4. The smallest absolute Gasteiger partial charge is 0.305 e. The van der Waals surface area contributed by atoms with E-state index in [1.807, 2.05) is 20.8 Å². The van der Waals surface area contributed by atoms with Crippen molar-refractivity contribution in [2.24, 2.45) is 0 Å². The van der Waals surface area contributed by atoms with Crippen LogP contribution >= 0.6 is 25.1 Å². The van der Waals surface area contributed by atoms with E-state index in [-0.39, 0.29) is 49.7 Å². The van der Waals surface area contributed by atoms with E-state index < -0.39 is 22.7 Å². The number of halogens is 4. The molecule has 34 heavy (non-hydrogen) atoms. The summed E-state index contributed by atoms with van der Waals surface area (Å²) in [6, 6.07) is 2.95. The number of alkyl halides is 3. The molecule has 3 aromatic rings. The van der Waals surface area contributed by atoms with E-state index >= 15 is 0 Å². The number of amides is 1. The predicted octanol–water partition coefficient (Wildman–Crippen LogP) is 5.33. The Balaban J connectivity index is 0.00000324. The molecule has 1 aliphatic rings. The van der Waals surface area contributed by atoms with Crippen LogP contribution in [0.5, 0.6) is 0 Å². The van der Waals surface area contributed by atoms with Crippen LogP contribution in [0.25, 0.3) is 0 Å². The van der Waals surface area contributed by atoms with Crippen molar-refractivity contribution in [1.82, 2.24) is 14.8 Å². The number of nitrogens with zero attached hydrogens (tertiary/aromatic N) is 4. The maximum Gasteiger partial charge on any atom is 0.417 e. The van der Waals surface area contributed by atoms with E-state index in [1.165, 1.54) is 23.4 Å². The van der Waals surface area contributed by atoms with Gasteiger partial charge in [-0.1, -0.05) is 11.6 Å². The highest BCUT2D eigenvalue weighted by Gasteiger charge is 2.36. The van der Waals surface area contributed by atoms with E-state index in [9.17, 15) is 22.8 Å². The van der Waals surface area contributed by atoms with Gasteiger partial charge in [0.05, 0.1) is 22.8 Å². The first kappa shape index (κ1) is 25.8. The summed E-state index contributed by atoms with van der Waals surface area (Å²) < 4.78 is 40.8. The van der Waals surface area contributed by atoms with Crippen molar-refractivity contribution in [3.8, 4) is 0 Å². The molecule has 1 aliphatic heterocycles. The highest BCUT2D eigenvalue weighted by molar-refractivity contribution is 7.59. The summed E-state index contributed by atoms with van der Waals surface area (Å²) >= 11 is 5.87. The number of aromatic nitrogens is 3. The molecule has 0 spiro atoms. The molecule has 0 unspecified atom stereocenters. The zero-order valence-electron chi connectivity index (χ0n) is 18.6. The van der Waals surface area contributed by atoms with Crippen LogP contribution in [0, 0.1) is 13.8 Å². The molecule has 4 rings (SSSR count). The third-order valence-electron chi connectivity index (χ3n) is 5.87. The van der Waals surface area contributed by atoms with Crippen molar-refractivity contribution in [2.75, 3.05) is 11.4 Å². The van der Waals surface area contributed by atoms with Gasteiger partial charge in [0, 0.05) is 42.2 Å². The summed E-state index contributed by atoms with van der Waals surface area (Å²) in [6.45, 7) is 5.73. The number of rotatable bonds is 4. The fraction of sp³-hybridized carbons (Fsp3) is 0.304. The van der Waals surface area contributed by atoms with Gasteiger partial charge < -0.3 is 4.90 Å². The largest absolute Gasteiger partial charge is 0.417 e. The Bertz CT molecular complexity index is 1280. The Morgan fingerprint density at radius 1 is 1.21 bits per heavy atom. The molecule has 0 radical (unpaired) electrons. The quantitative estimate of drug-likeness (QED) is 0.445. The second-order valence-electron chi connectivity index (χ2n) is 8.12. The van der Waals surface area contributed by atoms with Gasteiger partial charge in [0.15, 0.2) is 5.78 Å². The van der Waals surface area contributed by atoms with Crippen LogP contribution in [-0.4, -0.2) is 33.0 Å². The van der Waals surface area contributed by atoms with Crippen molar-refractivity contribution in [3.63, 3.8) is 0 Å². The van der Waals surface area contributed by atoms with E-state index in [0.29, 0.717) is 11.1 Å². The molecular formula is C23H22ClF3N4O2S. The molecular weight excluding hydrogens is 489 g/mol. The molecule has 2 aromatic heterocycles.